The van der Waals surface area contributed by atoms with E-state index in [2.05, 4.69) is 15.6 Å². The fourth-order valence-corrected chi connectivity index (χ4v) is 3.06. The minimum absolute atomic E-state index is 0.104. The molecule has 0 fully saturated rings. The van der Waals surface area contributed by atoms with E-state index in [0.29, 0.717) is 26.1 Å². The Kier molecular flexibility index (Phi) is 7.41. The van der Waals surface area contributed by atoms with Crippen LogP contribution >= 0.6 is 11.6 Å². The van der Waals surface area contributed by atoms with Crippen LogP contribution in [0.5, 0.6) is 0 Å². The molecule has 6 nitrogen and oxygen atoms in total. The summed E-state index contributed by atoms with van der Waals surface area (Å²) < 4.78 is 1.54. The molecule has 0 saturated heterocycles. The maximum atomic E-state index is 12.6. The SMILES string of the molecule is O=C(CCNc1nc(Cl)cn(CCc2ccccc2)c1=O)NCc1ccccc1. The van der Waals surface area contributed by atoms with Crippen LogP contribution in [0.25, 0.3) is 0 Å². The van der Waals surface area contributed by atoms with Gasteiger partial charge in [-0.3, -0.25) is 9.59 Å². The second kappa shape index (κ2) is 10.4. The molecule has 0 spiro atoms. The van der Waals surface area contributed by atoms with Crippen molar-refractivity contribution in [1.29, 1.82) is 0 Å². The molecule has 7 heteroatoms. The molecule has 1 aromatic heterocycles. The van der Waals surface area contributed by atoms with Gasteiger partial charge in [-0.15, -0.1) is 0 Å². The van der Waals surface area contributed by atoms with Gasteiger partial charge in [-0.25, -0.2) is 4.98 Å². The molecule has 1 amide bonds. The van der Waals surface area contributed by atoms with Gasteiger partial charge in [0.1, 0.15) is 5.15 Å². The highest BCUT2D eigenvalue weighted by atomic mass is 35.5. The fourth-order valence-electron chi connectivity index (χ4n) is 2.86. The first-order valence-corrected chi connectivity index (χ1v) is 9.85. The van der Waals surface area contributed by atoms with Gasteiger partial charge in [0.15, 0.2) is 5.82 Å². The number of benzene rings is 2. The topological polar surface area (TPSA) is 76.0 Å². The molecule has 0 aliphatic heterocycles. The quantitative estimate of drug-likeness (QED) is 0.567. The average Bonchev–Trinajstić information content (AvgIpc) is 2.75. The highest BCUT2D eigenvalue weighted by Gasteiger charge is 2.09. The summed E-state index contributed by atoms with van der Waals surface area (Å²) in [6.07, 6.45) is 2.47. The Morgan fingerprint density at radius 2 is 1.66 bits per heavy atom. The maximum Gasteiger partial charge on any atom is 0.293 e. The lowest BCUT2D eigenvalue weighted by molar-refractivity contribution is -0.121. The number of nitrogens with zero attached hydrogens (tertiary/aromatic N) is 2. The van der Waals surface area contributed by atoms with Crippen molar-refractivity contribution in [3.63, 3.8) is 0 Å². The first kappa shape index (κ1) is 20.6. The van der Waals surface area contributed by atoms with E-state index in [1.54, 1.807) is 4.57 Å². The predicted molar refractivity (Wildman–Crippen MR) is 115 cm³/mol. The van der Waals surface area contributed by atoms with Crippen molar-refractivity contribution in [2.24, 2.45) is 0 Å². The first-order valence-electron chi connectivity index (χ1n) is 9.47. The van der Waals surface area contributed by atoms with Crippen molar-refractivity contribution in [2.45, 2.75) is 25.9 Å². The van der Waals surface area contributed by atoms with Gasteiger partial charge in [-0.05, 0) is 17.5 Å². The van der Waals surface area contributed by atoms with Crippen LogP contribution in [0, 0.1) is 0 Å². The Bertz CT molecular complexity index is 991. The molecule has 2 aromatic carbocycles. The molecule has 0 saturated carbocycles. The largest absolute Gasteiger partial charge is 0.365 e. The molecule has 3 rings (SSSR count). The van der Waals surface area contributed by atoms with Crippen LogP contribution in [-0.4, -0.2) is 22.0 Å². The van der Waals surface area contributed by atoms with E-state index in [1.165, 1.54) is 6.20 Å². The minimum Gasteiger partial charge on any atom is -0.365 e. The summed E-state index contributed by atoms with van der Waals surface area (Å²) in [5.74, 6) is 0.0502. The zero-order valence-corrected chi connectivity index (χ0v) is 16.7. The van der Waals surface area contributed by atoms with Crippen molar-refractivity contribution in [2.75, 3.05) is 11.9 Å². The number of carbonyl (C=O) groups is 1. The van der Waals surface area contributed by atoms with Gasteiger partial charge < -0.3 is 15.2 Å². The lowest BCUT2D eigenvalue weighted by Crippen LogP contribution is -2.28. The highest BCUT2D eigenvalue weighted by Crippen LogP contribution is 2.07. The number of rotatable bonds is 9. The summed E-state index contributed by atoms with van der Waals surface area (Å²) in [7, 11) is 0. The molecule has 1 heterocycles. The first-order chi connectivity index (χ1) is 14.1. The van der Waals surface area contributed by atoms with Crippen molar-refractivity contribution in [3.8, 4) is 0 Å². The number of carbonyl (C=O) groups excluding carboxylic acids is 1. The van der Waals surface area contributed by atoms with Crippen molar-refractivity contribution in [1.82, 2.24) is 14.9 Å². The van der Waals surface area contributed by atoms with Crippen molar-refractivity contribution >= 4 is 23.3 Å². The highest BCUT2D eigenvalue weighted by molar-refractivity contribution is 6.29. The number of hydrogen-bond donors (Lipinski definition) is 2. The molecule has 150 valence electrons. The standard InChI is InChI=1S/C22H23ClN4O2/c23-19-16-27(14-12-17-7-3-1-4-8-17)22(29)21(26-19)24-13-11-20(28)25-15-18-9-5-2-6-10-18/h1-10,16H,11-15H2,(H,24,26)(H,25,28). The van der Waals surface area contributed by atoms with Gasteiger partial charge in [0, 0.05) is 32.3 Å². The van der Waals surface area contributed by atoms with E-state index < -0.39 is 0 Å². The zero-order chi connectivity index (χ0) is 20.5. The van der Waals surface area contributed by atoms with Crippen LogP contribution in [0.2, 0.25) is 5.15 Å². The molecule has 0 aliphatic rings. The Labute approximate surface area is 174 Å². The van der Waals surface area contributed by atoms with E-state index in [0.717, 1.165) is 11.1 Å². The number of amides is 1. The lowest BCUT2D eigenvalue weighted by atomic mass is 10.1. The summed E-state index contributed by atoms with van der Waals surface area (Å²) in [5.41, 5.74) is 1.92. The third kappa shape index (κ3) is 6.47. The maximum absolute atomic E-state index is 12.6. The number of aromatic nitrogens is 2. The normalized spacial score (nSPS) is 10.5. The molecule has 0 atom stereocenters. The number of anilines is 1. The fraction of sp³-hybridized carbons (Fsp3) is 0.227. The van der Waals surface area contributed by atoms with Gasteiger partial charge >= 0.3 is 0 Å². The number of hydrogen-bond acceptors (Lipinski definition) is 4. The Hall–Kier alpha value is -3.12. The van der Waals surface area contributed by atoms with E-state index >= 15 is 0 Å². The summed E-state index contributed by atoms with van der Waals surface area (Å²) in [4.78, 5) is 28.7. The third-order valence-electron chi connectivity index (χ3n) is 4.41. The average molecular weight is 411 g/mol. The van der Waals surface area contributed by atoms with Crippen molar-refractivity contribution < 1.29 is 4.79 Å². The number of halogens is 1. The van der Waals surface area contributed by atoms with Crippen LogP contribution in [-0.2, 0) is 24.3 Å². The Morgan fingerprint density at radius 3 is 2.34 bits per heavy atom. The van der Waals surface area contributed by atoms with Crippen LogP contribution in [0.1, 0.15) is 17.5 Å². The minimum atomic E-state index is -0.255. The van der Waals surface area contributed by atoms with Gasteiger partial charge in [-0.2, -0.15) is 0 Å². The van der Waals surface area contributed by atoms with Gasteiger partial charge in [0.25, 0.3) is 5.56 Å². The third-order valence-corrected chi connectivity index (χ3v) is 4.59. The molecule has 0 radical (unpaired) electrons. The van der Waals surface area contributed by atoms with Crippen LogP contribution in [0.15, 0.2) is 71.7 Å². The van der Waals surface area contributed by atoms with Gasteiger partial charge in [0.05, 0.1) is 0 Å². The van der Waals surface area contributed by atoms with Crippen LogP contribution in [0.4, 0.5) is 5.82 Å². The molecule has 29 heavy (non-hydrogen) atoms. The van der Waals surface area contributed by atoms with Crippen LogP contribution in [0.3, 0.4) is 0 Å². The Balaban J connectivity index is 1.51. The number of aryl methyl sites for hydroxylation is 2. The smallest absolute Gasteiger partial charge is 0.293 e. The Morgan fingerprint density at radius 1 is 1.00 bits per heavy atom. The van der Waals surface area contributed by atoms with E-state index in [-0.39, 0.29) is 28.9 Å². The summed E-state index contributed by atoms with van der Waals surface area (Å²) in [5, 5.41) is 6.01. The molecule has 3 aromatic rings. The van der Waals surface area contributed by atoms with Crippen molar-refractivity contribution in [3.05, 3.63) is 93.5 Å². The molecule has 2 N–H and O–H groups in total. The second-order valence-corrected chi connectivity index (χ2v) is 6.97. The monoisotopic (exact) mass is 410 g/mol. The van der Waals surface area contributed by atoms with E-state index in [4.69, 9.17) is 11.6 Å². The van der Waals surface area contributed by atoms with Gasteiger partial charge in [0.2, 0.25) is 5.91 Å². The van der Waals surface area contributed by atoms with Gasteiger partial charge in [-0.1, -0.05) is 72.3 Å². The molecular weight excluding hydrogens is 388 g/mol. The van der Waals surface area contributed by atoms with Crippen LogP contribution < -0.4 is 16.2 Å². The van der Waals surface area contributed by atoms with E-state index in [9.17, 15) is 9.59 Å². The number of nitrogens with one attached hydrogen (secondary N) is 2. The lowest BCUT2D eigenvalue weighted by Gasteiger charge is -2.10. The summed E-state index contributed by atoms with van der Waals surface area (Å²) in [6.45, 7) is 1.26. The predicted octanol–water partition coefficient (Wildman–Crippen LogP) is 3.26. The molecular formula is C22H23ClN4O2. The molecule has 0 unspecified atom stereocenters. The van der Waals surface area contributed by atoms with E-state index in [1.807, 2.05) is 60.7 Å². The summed E-state index contributed by atoms with van der Waals surface area (Å²) >= 11 is 6.07. The zero-order valence-electron chi connectivity index (χ0n) is 16.0. The second-order valence-electron chi connectivity index (χ2n) is 6.59. The molecule has 0 bridgehead atoms. The molecule has 0 aliphatic carbocycles. The summed E-state index contributed by atoms with van der Waals surface area (Å²) in [6, 6.07) is 19.6.